The second-order valence-electron chi connectivity index (χ2n) is 4.86. The van der Waals surface area contributed by atoms with Gasteiger partial charge in [-0.25, -0.2) is 4.79 Å². The molecular formula is C12H24N2O3. The van der Waals surface area contributed by atoms with Crippen LogP contribution in [0.2, 0.25) is 0 Å². The van der Waals surface area contributed by atoms with Crippen LogP contribution in [0.4, 0.5) is 4.79 Å². The van der Waals surface area contributed by atoms with Gasteiger partial charge in [-0.3, -0.25) is 4.90 Å². The van der Waals surface area contributed by atoms with E-state index in [1.165, 1.54) is 11.3 Å². The van der Waals surface area contributed by atoms with Crippen molar-refractivity contribution in [2.45, 2.75) is 38.3 Å². The molecule has 1 fully saturated rings. The van der Waals surface area contributed by atoms with Gasteiger partial charge in [0.1, 0.15) is 6.61 Å². The number of likely N-dealkylation sites (tertiary alicyclic amines) is 1. The average Bonchev–Trinajstić information content (AvgIpc) is 2.30. The standard InChI is InChI=1S/C12H24N2O3/c1-10-5-4-6-11(9-15)14(10)7-8-17-12(16)13(2)3/h10-11,15H,4-9H2,1-3H3/t10-,11+/m0/s1. The molecule has 1 amide bonds. The Morgan fingerprint density at radius 1 is 1.47 bits per heavy atom. The van der Waals surface area contributed by atoms with Gasteiger partial charge in [0.2, 0.25) is 0 Å². The molecule has 2 atom stereocenters. The molecule has 0 aromatic rings. The number of aliphatic hydroxyl groups excluding tert-OH is 1. The molecule has 0 aliphatic carbocycles. The highest BCUT2D eigenvalue weighted by Gasteiger charge is 2.27. The minimum absolute atomic E-state index is 0.186. The largest absolute Gasteiger partial charge is 0.448 e. The van der Waals surface area contributed by atoms with Crippen LogP contribution in [0.1, 0.15) is 26.2 Å². The lowest BCUT2D eigenvalue weighted by atomic mass is 9.97. The Morgan fingerprint density at radius 3 is 2.76 bits per heavy atom. The van der Waals surface area contributed by atoms with E-state index in [2.05, 4.69) is 11.8 Å². The minimum Gasteiger partial charge on any atom is -0.448 e. The molecule has 1 aliphatic heterocycles. The van der Waals surface area contributed by atoms with Gasteiger partial charge in [0.05, 0.1) is 6.61 Å². The minimum atomic E-state index is -0.310. The quantitative estimate of drug-likeness (QED) is 0.799. The Labute approximate surface area is 103 Å². The molecule has 1 rings (SSSR count). The zero-order valence-electron chi connectivity index (χ0n) is 11.1. The molecule has 0 aromatic carbocycles. The van der Waals surface area contributed by atoms with Gasteiger partial charge in [0.25, 0.3) is 0 Å². The predicted octanol–water partition coefficient (Wildman–Crippen LogP) is 0.920. The first kappa shape index (κ1) is 14.3. The molecule has 5 nitrogen and oxygen atoms in total. The van der Waals surface area contributed by atoms with Crippen molar-refractivity contribution in [3.05, 3.63) is 0 Å². The highest BCUT2D eigenvalue weighted by atomic mass is 16.6. The van der Waals surface area contributed by atoms with Gasteiger partial charge >= 0.3 is 6.09 Å². The summed E-state index contributed by atoms with van der Waals surface area (Å²) in [6, 6.07) is 0.677. The van der Waals surface area contributed by atoms with E-state index >= 15 is 0 Å². The highest BCUT2D eigenvalue weighted by Crippen LogP contribution is 2.21. The second kappa shape index (κ2) is 6.81. The van der Waals surface area contributed by atoms with Gasteiger partial charge in [-0.2, -0.15) is 0 Å². The average molecular weight is 244 g/mol. The van der Waals surface area contributed by atoms with Gasteiger partial charge in [-0.05, 0) is 19.8 Å². The lowest BCUT2D eigenvalue weighted by molar-refractivity contribution is 0.0298. The van der Waals surface area contributed by atoms with Crippen molar-refractivity contribution in [2.24, 2.45) is 0 Å². The summed E-state index contributed by atoms with van der Waals surface area (Å²) in [5.74, 6) is 0. The molecule has 0 bridgehead atoms. The summed E-state index contributed by atoms with van der Waals surface area (Å²) in [4.78, 5) is 14.9. The number of aliphatic hydroxyl groups is 1. The van der Waals surface area contributed by atoms with Crippen LogP contribution in [0.3, 0.4) is 0 Å². The molecule has 0 radical (unpaired) electrons. The van der Waals surface area contributed by atoms with E-state index < -0.39 is 0 Å². The summed E-state index contributed by atoms with van der Waals surface area (Å²) in [5, 5.41) is 9.32. The second-order valence-corrected chi connectivity index (χ2v) is 4.86. The van der Waals surface area contributed by atoms with Gasteiger partial charge < -0.3 is 14.7 Å². The molecular weight excluding hydrogens is 220 g/mol. The third-order valence-corrected chi connectivity index (χ3v) is 3.35. The lowest BCUT2D eigenvalue weighted by Gasteiger charge is -2.39. The Bertz CT molecular complexity index is 246. The van der Waals surface area contributed by atoms with Crippen molar-refractivity contribution >= 4 is 6.09 Å². The van der Waals surface area contributed by atoms with Crippen molar-refractivity contribution in [1.29, 1.82) is 0 Å². The van der Waals surface area contributed by atoms with Gasteiger partial charge in [-0.1, -0.05) is 6.42 Å². The third-order valence-electron chi connectivity index (χ3n) is 3.35. The number of amides is 1. The van der Waals surface area contributed by atoms with Gasteiger partial charge in [-0.15, -0.1) is 0 Å². The van der Waals surface area contributed by atoms with E-state index in [4.69, 9.17) is 4.74 Å². The fraction of sp³-hybridized carbons (Fsp3) is 0.917. The Kier molecular flexibility index (Phi) is 5.71. The monoisotopic (exact) mass is 244 g/mol. The highest BCUT2D eigenvalue weighted by molar-refractivity contribution is 5.66. The molecule has 1 N–H and O–H groups in total. The molecule has 0 saturated carbocycles. The fourth-order valence-electron chi connectivity index (χ4n) is 2.31. The van der Waals surface area contributed by atoms with E-state index in [9.17, 15) is 9.90 Å². The van der Waals surface area contributed by atoms with E-state index in [0.717, 1.165) is 12.8 Å². The number of nitrogens with zero attached hydrogens (tertiary/aromatic N) is 2. The maximum Gasteiger partial charge on any atom is 0.409 e. The number of hydrogen-bond donors (Lipinski definition) is 1. The van der Waals surface area contributed by atoms with E-state index in [0.29, 0.717) is 19.2 Å². The van der Waals surface area contributed by atoms with Crippen LogP contribution >= 0.6 is 0 Å². The Balaban J connectivity index is 2.35. The van der Waals surface area contributed by atoms with Gasteiger partial charge in [0.15, 0.2) is 0 Å². The molecule has 100 valence electrons. The number of ether oxygens (including phenoxy) is 1. The number of piperidine rings is 1. The Hall–Kier alpha value is -0.810. The predicted molar refractivity (Wildman–Crippen MR) is 65.9 cm³/mol. The van der Waals surface area contributed by atoms with E-state index in [-0.39, 0.29) is 18.7 Å². The fourth-order valence-corrected chi connectivity index (χ4v) is 2.31. The number of carbonyl (C=O) groups is 1. The van der Waals surface area contributed by atoms with Crippen LogP contribution in [-0.4, -0.2) is 66.9 Å². The number of hydrogen-bond acceptors (Lipinski definition) is 4. The summed E-state index contributed by atoms with van der Waals surface area (Å²) in [5.41, 5.74) is 0. The van der Waals surface area contributed by atoms with Crippen LogP contribution < -0.4 is 0 Å². The van der Waals surface area contributed by atoms with Crippen LogP contribution in [0.25, 0.3) is 0 Å². The normalized spacial score (nSPS) is 25.6. The maximum absolute atomic E-state index is 11.3. The summed E-state index contributed by atoms with van der Waals surface area (Å²) in [6.45, 7) is 3.44. The van der Waals surface area contributed by atoms with Crippen LogP contribution in [0.5, 0.6) is 0 Å². The van der Waals surface area contributed by atoms with Crippen molar-refractivity contribution in [1.82, 2.24) is 9.80 Å². The molecule has 0 unspecified atom stereocenters. The van der Waals surface area contributed by atoms with Crippen LogP contribution in [0, 0.1) is 0 Å². The maximum atomic E-state index is 11.3. The zero-order chi connectivity index (χ0) is 12.8. The topological polar surface area (TPSA) is 53.0 Å². The van der Waals surface area contributed by atoms with E-state index in [1.807, 2.05) is 0 Å². The SMILES string of the molecule is C[C@H]1CCC[C@H](CO)N1CCOC(=O)N(C)C. The molecule has 0 spiro atoms. The third kappa shape index (κ3) is 4.16. The summed E-state index contributed by atoms with van der Waals surface area (Å²) in [6.07, 6.45) is 3.04. The summed E-state index contributed by atoms with van der Waals surface area (Å²) in [7, 11) is 3.34. The first-order valence-electron chi connectivity index (χ1n) is 6.27. The summed E-state index contributed by atoms with van der Waals surface area (Å²) >= 11 is 0. The molecule has 5 heteroatoms. The zero-order valence-corrected chi connectivity index (χ0v) is 11.1. The molecule has 17 heavy (non-hydrogen) atoms. The van der Waals surface area contributed by atoms with E-state index in [1.54, 1.807) is 14.1 Å². The van der Waals surface area contributed by atoms with Gasteiger partial charge in [0, 0.05) is 32.7 Å². The van der Waals surface area contributed by atoms with Crippen molar-refractivity contribution in [2.75, 3.05) is 33.9 Å². The molecule has 1 heterocycles. The Morgan fingerprint density at radius 2 is 2.18 bits per heavy atom. The number of rotatable bonds is 4. The van der Waals surface area contributed by atoms with Crippen LogP contribution in [-0.2, 0) is 4.74 Å². The first-order valence-corrected chi connectivity index (χ1v) is 6.27. The van der Waals surface area contributed by atoms with Crippen molar-refractivity contribution in [3.63, 3.8) is 0 Å². The smallest absolute Gasteiger partial charge is 0.409 e. The molecule has 1 aliphatic rings. The lowest BCUT2D eigenvalue weighted by Crippen LogP contribution is -2.48. The van der Waals surface area contributed by atoms with Crippen LogP contribution in [0.15, 0.2) is 0 Å². The molecule has 0 aromatic heterocycles. The first-order chi connectivity index (χ1) is 8.06. The van der Waals surface area contributed by atoms with Crippen molar-refractivity contribution in [3.8, 4) is 0 Å². The molecule has 1 saturated heterocycles. The number of carbonyl (C=O) groups excluding carboxylic acids is 1. The van der Waals surface area contributed by atoms with Crippen molar-refractivity contribution < 1.29 is 14.6 Å². The summed E-state index contributed by atoms with van der Waals surface area (Å²) < 4.78 is 5.11.